The second kappa shape index (κ2) is 4.99. The number of nitrogens with two attached hydrogens (primary N) is 1. The largest absolute Gasteiger partial charge is 0.382 e. The van der Waals surface area contributed by atoms with Crippen LogP contribution < -0.4 is 5.73 Å². The lowest BCUT2D eigenvalue weighted by atomic mass is 9.81. The van der Waals surface area contributed by atoms with Crippen molar-refractivity contribution >= 4 is 21.2 Å². The summed E-state index contributed by atoms with van der Waals surface area (Å²) in [7, 11) is -3.53. The van der Waals surface area contributed by atoms with E-state index in [-0.39, 0.29) is 16.3 Å². The number of rotatable bonds is 3. The molecule has 0 aliphatic heterocycles. The second-order valence-electron chi connectivity index (χ2n) is 6.01. The first-order valence-corrected chi connectivity index (χ1v) is 9.13. The highest BCUT2D eigenvalue weighted by atomic mass is 32.2. The summed E-state index contributed by atoms with van der Waals surface area (Å²) in [6.45, 7) is 1.90. The molecular formula is C15H18N4O2S. The van der Waals surface area contributed by atoms with Crippen LogP contribution in [0.25, 0.3) is 5.52 Å². The number of anilines is 1. The second-order valence-corrected chi connectivity index (χ2v) is 8.00. The van der Waals surface area contributed by atoms with Crippen LogP contribution in [0.1, 0.15) is 36.1 Å². The molecule has 0 saturated heterocycles. The zero-order valence-electron chi connectivity index (χ0n) is 12.6. The molecule has 1 aliphatic rings. The molecular weight excluding hydrogens is 300 g/mol. The zero-order valence-corrected chi connectivity index (χ0v) is 13.4. The fourth-order valence-corrected chi connectivity index (χ4v) is 3.83. The van der Waals surface area contributed by atoms with Crippen molar-refractivity contribution in [2.75, 3.05) is 12.0 Å². The van der Waals surface area contributed by atoms with Gasteiger partial charge in [0.05, 0.1) is 16.1 Å². The minimum absolute atomic E-state index is 0.0187. The van der Waals surface area contributed by atoms with Gasteiger partial charge in [-0.1, -0.05) is 19.3 Å². The first-order chi connectivity index (χ1) is 10.3. The minimum Gasteiger partial charge on any atom is -0.382 e. The van der Waals surface area contributed by atoms with Crippen LogP contribution >= 0.6 is 0 Å². The Kier molecular flexibility index (Phi) is 3.37. The summed E-state index contributed by atoms with van der Waals surface area (Å²) in [6.07, 6.45) is 5.61. The van der Waals surface area contributed by atoms with Crippen LogP contribution in [0.3, 0.4) is 0 Å². The van der Waals surface area contributed by atoms with Gasteiger partial charge in [0.25, 0.3) is 0 Å². The molecule has 2 aromatic heterocycles. The standard InChI is InChI=1S/C15H18N4O2S/c1-9-11(6-10-4-3-5-10)13-7-14(22(2,20)21)12(8-16)15(17)19(13)18-9/h7,10H,3-6,17H2,1-2H3. The highest BCUT2D eigenvalue weighted by molar-refractivity contribution is 7.90. The van der Waals surface area contributed by atoms with Crippen LogP contribution in [0.15, 0.2) is 11.0 Å². The van der Waals surface area contributed by atoms with Gasteiger partial charge in [-0.3, -0.25) is 0 Å². The van der Waals surface area contributed by atoms with E-state index in [1.807, 2.05) is 13.0 Å². The molecule has 2 heterocycles. The highest BCUT2D eigenvalue weighted by Crippen LogP contribution is 2.34. The van der Waals surface area contributed by atoms with Gasteiger partial charge in [-0.25, -0.2) is 12.9 Å². The summed E-state index contributed by atoms with van der Waals surface area (Å²) >= 11 is 0. The molecule has 0 aromatic carbocycles. The van der Waals surface area contributed by atoms with Crippen molar-refractivity contribution in [2.45, 2.75) is 37.5 Å². The third kappa shape index (κ3) is 2.24. The van der Waals surface area contributed by atoms with E-state index in [9.17, 15) is 13.7 Å². The molecule has 1 saturated carbocycles. The van der Waals surface area contributed by atoms with Gasteiger partial charge in [0, 0.05) is 11.8 Å². The van der Waals surface area contributed by atoms with Crippen LogP contribution in [0.5, 0.6) is 0 Å². The smallest absolute Gasteiger partial charge is 0.177 e. The summed E-state index contributed by atoms with van der Waals surface area (Å²) < 4.78 is 25.5. The van der Waals surface area contributed by atoms with Crippen LogP contribution in [0, 0.1) is 24.2 Å². The predicted octanol–water partition coefficient (Wildman–Crippen LogP) is 1.84. The maximum absolute atomic E-state index is 12.0. The fourth-order valence-electron chi connectivity index (χ4n) is 2.98. The number of fused-ring (bicyclic) bond motifs is 1. The Hall–Kier alpha value is -2.07. The van der Waals surface area contributed by atoms with Crippen molar-refractivity contribution in [2.24, 2.45) is 5.92 Å². The third-order valence-electron chi connectivity index (χ3n) is 4.45. The van der Waals surface area contributed by atoms with Gasteiger partial charge in [-0.15, -0.1) is 0 Å². The SMILES string of the molecule is Cc1nn2c(N)c(C#N)c(S(C)(=O)=O)cc2c1CC1CCC1. The molecule has 6 nitrogen and oxygen atoms in total. The number of aromatic nitrogens is 2. The Labute approximate surface area is 129 Å². The fraction of sp³-hybridized carbons (Fsp3) is 0.467. The summed E-state index contributed by atoms with van der Waals surface area (Å²) in [4.78, 5) is -0.0187. The molecule has 0 spiro atoms. The van der Waals surface area contributed by atoms with Crippen molar-refractivity contribution in [3.63, 3.8) is 0 Å². The highest BCUT2D eigenvalue weighted by Gasteiger charge is 2.25. The molecule has 0 radical (unpaired) electrons. The van der Waals surface area contributed by atoms with E-state index in [4.69, 9.17) is 5.73 Å². The van der Waals surface area contributed by atoms with Gasteiger partial charge >= 0.3 is 0 Å². The molecule has 1 fully saturated rings. The Balaban J connectivity index is 2.29. The quantitative estimate of drug-likeness (QED) is 0.930. The summed E-state index contributed by atoms with van der Waals surface area (Å²) in [6, 6.07) is 3.43. The summed E-state index contributed by atoms with van der Waals surface area (Å²) in [5, 5.41) is 13.7. The van der Waals surface area contributed by atoms with Crippen LogP contribution in [-0.2, 0) is 16.3 Å². The van der Waals surface area contributed by atoms with Crippen molar-refractivity contribution < 1.29 is 8.42 Å². The van der Waals surface area contributed by atoms with Crippen molar-refractivity contribution in [1.82, 2.24) is 9.61 Å². The number of sulfone groups is 1. The Morgan fingerprint density at radius 1 is 1.50 bits per heavy atom. The van der Waals surface area contributed by atoms with E-state index in [2.05, 4.69) is 5.10 Å². The maximum Gasteiger partial charge on any atom is 0.177 e. The average Bonchev–Trinajstić information content (AvgIpc) is 2.69. The number of nitrogens with zero attached hydrogens (tertiary/aromatic N) is 3. The van der Waals surface area contributed by atoms with Crippen molar-refractivity contribution in [3.8, 4) is 6.07 Å². The van der Waals surface area contributed by atoms with Gasteiger partial charge in [0.15, 0.2) is 9.84 Å². The van der Waals surface area contributed by atoms with Crippen LogP contribution in [0.4, 0.5) is 5.82 Å². The average molecular weight is 318 g/mol. The molecule has 2 aromatic rings. The van der Waals surface area contributed by atoms with Crippen LogP contribution in [0.2, 0.25) is 0 Å². The first-order valence-electron chi connectivity index (χ1n) is 7.23. The van der Waals surface area contributed by atoms with Crippen molar-refractivity contribution in [1.29, 1.82) is 5.26 Å². The molecule has 2 N–H and O–H groups in total. The number of nitriles is 1. The van der Waals surface area contributed by atoms with E-state index in [1.54, 1.807) is 0 Å². The molecule has 22 heavy (non-hydrogen) atoms. The monoisotopic (exact) mass is 318 g/mol. The normalized spacial score (nSPS) is 15.7. The minimum atomic E-state index is -3.53. The summed E-state index contributed by atoms with van der Waals surface area (Å²) in [5.41, 5.74) is 8.54. The molecule has 0 atom stereocenters. The lowest BCUT2D eigenvalue weighted by molar-refractivity contribution is 0.315. The zero-order chi connectivity index (χ0) is 16.1. The lowest BCUT2D eigenvalue weighted by Gasteiger charge is -2.25. The predicted molar refractivity (Wildman–Crippen MR) is 83.2 cm³/mol. The molecule has 7 heteroatoms. The summed E-state index contributed by atoms with van der Waals surface area (Å²) in [5.74, 6) is 0.716. The van der Waals surface area contributed by atoms with E-state index in [0.717, 1.165) is 23.9 Å². The number of pyridine rings is 1. The first kappa shape index (κ1) is 14.9. The van der Waals surface area contributed by atoms with E-state index < -0.39 is 9.84 Å². The lowest BCUT2D eigenvalue weighted by Crippen LogP contribution is -2.14. The maximum atomic E-state index is 12.0. The van der Waals surface area contributed by atoms with Gasteiger partial charge in [0.1, 0.15) is 17.5 Å². The topological polar surface area (TPSA) is 101 Å². The van der Waals surface area contributed by atoms with Gasteiger partial charge in [-0.2, -0.15) is 10.4 Å². The van der Waals surface area contributed by atoms with Gasteiger partial charge < -0.3 is 5.73 Å². The molecule has 116 valence electrons. The van der Waals surface area contributed by atoms with Crippen molar-refractivity contribution in [3.05, 3.63) is 22.9 Å². The van der Waals surface area contributed by atoms with E-state index >= 15 is 0 Å². The Morgan fingerprint density at radius 2 is 2.18 bits per heavy atom. The van der Waals surface area contributed by atoms with E-state index in [1.165, 1.54) is 29.8 Å². The Morgan fingerprint density at radius 3 is 2.68 bits per heavy atom. The van der Waals surface area contributed by atoms with Gasteiger partial charge in [0.2, 0.25) is 0 Å². The third-order valence-corrected chi connectivity index (χ3v) is 5.57. The van der Waals surface area contributed by atoms with Crippen LogP contribution in [-0.4, -0.2) is 24.3 Å². The molecule has 3 rings (SSSR count). The molecule has 0 bridgehead atoms. The number of nitrogen functional groups attached to an aromatic ring is 1. The Bertz CT molecular complexity index is 902. The number of aryl methyl sites for hydroxylation is 1. The molecule has 0 amide bonds. The molecule has 1 aliphatic carbocycles. The van der Waals surface area contributed by atoms with Gasteiger partial charge in [-0.05, 0) is 25.3 Å². The van der Waals surface area contributed by atoms with E-state index in [0.29, 0.717) is 11.4 Å². The number of hydrogen-bond donors (Lipinski definition) is 1. The number of hydrogen-bond acceptors (Lipinski definition) is 5. The molecule has 0 unspecified atom stereocenters.